The second-order valence-corrected chi connectivity index (χ2v) is 3.70. The highest BCUT2D eigenvalue weighted by Gasteiger charge is 2.18. The second kappa shape index (κ2) is 7.30. The van der Waals surface area contributed by atoms with Crippen LogP contribution in [-0.4, -0.2) is 22.5 Å². The van der Waals surface area contributed by atoms with Crippen LogP contribution in [0.1, 0.15) is 51.9 Å². The monoisotopic (exact) mass is 189 g/mol. The number of hydrogen-bond acceptors (Lipinski definition) is 3. The highest BCUT2D eigenvalue weighted by molar-refractivity contribution is 4.64. The highest BCUT2D eigenvalue weighted by atomic mass is 16.5. The summed E-state index contributed by atoms with van der Waals surface area (Å²) in [6.45, 7) is 2.11. The van der Waals surface area contributed by atoms with Crippen LogP contribution >= 0.6 is 0 Å². The van der Waals surface area contributed by atoms with Crippen molar-refractivity contribution in [3.63, 3.8) is 0 Å². The van der Waals surface area contributed by atoms with E-state index < -0.39 is 5.79 Å². The van der Waals surface area contributed by atoms with Gasteiger partial charge in [0.05, 0.1) is 0 Å². The summed E-state index contributed by atoms with van der Waals surface area (Å²) in [7, 11) is 0. The fourth-order valence-electron chi connectivity index (χ4n) is 1.29. The molecule has 0 saturated carbocycles. The first-order valence-electron chi connectivity index (χ1n) is 5.27. The van der Waals surface area contributed by atoms with Crippen molar-refractivity contribution >= 4 is 0 Å². The van der Waals surface area contributed by atoms with Gasteiger partial charge in [0, 0.05) is 13.0 Å². The van der Waals surface area contributed by atoms with Crippen molar-refractivity contribution in [2.45, 2.75) is 57.7 Å². The molecule has 0 rings (SSSR count). The van der Waals surface area contributed by atoms with Crippen molar-refractivity contribution in [2.24, 2.45) is 5.73 Å². The van der Waals surface area contributed by atoms with E-state index in [9.17, 15) is 0 Å². The summed E-state index contributed by atoms with van der Waals surface area (Å²) < 4.78 is 0. The third-order valence-corrected chi connectivity index (χ3v) is 2.26. The van der Waals surface area contributed by atoms with Crippen molar-refractivity contribution in [3.05, 3.63) is 0 Å². The Morgan fingerprint density at radius 2 is 1.54 bits per heavy atom. The van der Waals surface area contributed by atoms with E-state index in [1.165, 1.54) is 25.7 Å². The standard InChI is InChI=1S/C10H23NO2/c1-2-3-4-5-6-7-8-10(12,13)9-11/h12-13H,2-9,11H2,1H3. The largest absolute Gasteiger partial charge is 0.365 e. The van der Waals surface area contributed by atoms with Gasteiger partial charge in [0.2, 0.25) is 0 Å². The summed E-state index contributed by atoms with van der Waals surface area (Å²) in [5.74, 6) is -1.63. The van der Waals surface area contributed by atoms with Gasteiger partial charge in [0.1, 0.15) is 0 Å². The molecule has 0 heterocycles. The van der Waals surface area contributed by atoms with Crippen molar-refractivity contribution in [3.8, 4) is 0 Å². The van der Waals surface area contributed by atoms with Gasteiger partial charge in [-0.3, -0.25) is 0 Å². The summed E-state index contributed by atoms with van der Waals surface area (Å²) in [5.41, 5.74) is 5.17. The van der Waals surface area contributed by atoms with E-state index in [4.69, 9.17) is 15.9 Å². The van der Waals surface area contributed by atoms with E-state index in [1.807, 2.05) is 0 Å². The summed E-state index contributed by atoms with van der Waals surface area (Å²) in [4.78, 5) is 0. The normalized spacial score (nSPS) is 12.0. The number of nitrogens with two attached hydrogens (primary N) is 1. The minimum Gasteiger partial charge on any atom is -0.365 e. The molecule has 0 atom stereocenters. The average Bonchev–Trinajstić information content (AvgIpc) is 2.11. The molecule has 0 bridgehead atoms. The van der Waals surface area contributed by atoms with Crippen LogP contribution < -0.4 is 5.73 Å². The highest BCUT2D eigenvalue weighted by Crippen LogP contribution is 2.12. The Kier molecular flexibility index (Phi) is 7.23. The molecule has 13 heavy (non-hydrogen) atoms. The van der Waals surface area contributed by atoms with Gasteiger partial charge in [-0.25, -0.2) is 0 Å². The van der Waals surface area contributed by atoms with E-state index in [0.29, 0.717) is 6.42 Å². The van der Waals surface area contributed by atoms with Crippen molar-refractivity contribution in [1.29, 1.82) is 0 Å². The molecule has 0 aromatic carbocycles. The zero-order valence-electron chi connectivity index (χ0n) is 8.63. The van der Waals surface area contributed by atoms with Crippen molar-refractivity contribution in [2.75, 3.05) is 6.54 Å². The van der Waals surface area contributed by atoms with E-state index >= 15 is 0 Å². The summed E-state index contributed by atoms with van der Waals surface area (Å²) in [5, 5.41) is 18.3. The Labute approximate surface area is 81.0 Å². The molecule has 0 radical (unpaired) electrons. The predicted octanol–water partition coefficient (Wildman–Crippen LogP) is 1.38. The van der Waals surface area contributed by atoms with Crippen molar-refractivity contribution < 1.29 is 10.2 Å². The molecule has 0 saturated heterocycles. The van der Waals surface area contributed by atoms with Gasteiger partial charge in [-0.15, -0.1) is 0 Å². The molecule has 0 aliphatic heterocycles. The minimum absolute atomic E-state index is 0.0675. The quantitative estimate of drug-likeness (QED) is 0.399. The molecular weight excluding hydrogens is 166 g/mol. The number of hydrogen-bond donors (Lipinski definition) is 3. The first-order valence-corrected chi connectivity index (χ1v) is 5.27. The number of unbranched alkanes of at least 4 members (excludes halogenated alkanes) is 5. The van der Waals surface area contributed by atoms with Crippen LogP contribution in [0.4, 0.5) is 0 Å². The Morgan fingerprint density at radius 3 is 2.08 bits per heavy atom. The van der Waals surface area contributed by atoms with Crippen LogP contribution in [0, 0.1) is 0 Å². The number of rotatable bonds is 8. The first kappa shape index (κ1) is 12.9. The third-order valence-electron chi connectivity index (χ3n) is 2.26. The van der Waals surface area contributed by atoms with Gasteiger partial charge in [-0.2, -0.15) is 0 Å². The zero-order valence-corrected chi connectivity index (χ0v) is 8.63. The second-order valence-electron chi connectivity index (χ2n) is 3.70. The van der Waals surface area contributed by atoms with Crippen LogP contribution in [0.5, 0.6) is 0 Å². The zero-order chi connectivity index (χ0) is 10.2. The fraction of sp³-hybridized carbons (Fsp3) is 1.00. The maximum Gasteiger partial charge on any atom is 0.175 e. The summed E-state index contributed by atoms with van der Waals surface area (Å²) >= 11 is 0. The SMILES string of the molecule is CCCCCCCCC(O)(O)CN. The molecule has 4 N–H and O–H groups in total. The van der Waals surface area contributed by atoms with Gasteiger partial charge < -0.3 is 15.9 Å². The van der Waals surface area contributed by atoms with Crippen molar-refractivity contribution in [1.82, 2.24) is 0 Å². The molecule has 3 nitrogen and oxygen atoms in total. The van der Waals surface area contributed by atoms with Crippen LogP contribution in [0.2, 0.25) is 0 Å². The van der Waals surface area contributed by atoms with Gasteiger partial charge in [-0.1, -0.05) is 39.0 Å². The maximum absolute atomic E-state index is 9.16. The lowest BCUT2D eigenvalue weighted by Gasteiger charge is -2.18. The summed E-state index contributed by atoms with van der Waals surface area (Å²) in [6, 6.07) is 0. The maximum atomic E-state index is 9.16. The lowest BCUT2D eigenvalue weighted by atomic mass is 10.1. The fourth-order valence-corrected chi connectivity index (χ4v) is 1.29. The molecular formula is C10H23NO2. The molecule has 0 unspecified atom stereocenters. The van der Waals surface area contributed by atoms with Gasteiger partial charge in [0.15, 0.2) is 5.79 Å². The molecule has 0 aliphatic carbocycles. The molecule has 0 aromatic rings. The van der Waals surface area contributed by atoms with E-state index in [1.54, 1.807) is 0 Å². The molecule has 80 valence electrons. The minimum atomic E-state index is -1.63. The van der Waals surface area contributed by atoms with E-state index in [0.717, 1.165) is 12.8 Å². The first-order chi connectivity index (χ1) is 6.12. The molecule has 0 fully saturated rings. The lowest BCUT2D eigenvalue weighted by Crippen LogP contribution is -2.37. The predicted molar refractivity (Wildman–Crippen MR) is 54.2 cm³/mol. The van der Waals surface area contributed by atoms with Gasteiger partial charge >= 0.3 is 0 Å². The molecule has 0 amide bonds. The Morgan fingerprint density at radius 1 is 1.00 bits per heavy atom. The topological polar surface area (TPSA) is 66.5 Å². The molecule has 3 heteroatoms. The van der Waals surface area contributed by atoms with Gasteiger partial charge in [-0.05, 0) is 6.42 Å². The third kappa shape index (κ3) is 8.22. The van der Waals surface area contributed by atoms with Crippen LogP contribution in [0.3, 0.4) is 0 Å². The molecule has 0 aromatic heterocycles. The van der Waals surface area contributed by atoms with Gasteiger partial charge in [0.25, 0.3) is 0 Å². The van der Waals surface area contributed by atoms with Crippen LogP contribution in [0.15, 0.2) is 0 Å². The Hall–Kier alpha value is -0.120. The number of aliphatic hydroxyl groups is 2. The Bertz CT molecular complexity index is 115. The lowest BCUT2D eigenvalue weighted by molar-refractivity contribution is -0.157. The molecule has 0 spiro atoms. The van der Waals surface area contributed by atoms with E-state index in [2.05, 4.69) is 6.92 Å². The summed E-state index contributed by atoms with van der Waals surface area (Å²) in [6.07, 6.45) is 7.29. The van der Waals surface area contributed by atoms with Crippen LogP contribution in [0.25, 0.3) is 0 Å². The smallest absolute Gasteiger partial charge is 0.175 e. The average molecular weight is 189 g/mol. The Balaban J connectivity index is 3.16. The van der Waals surface area contributed by atoms with Crippen LogP contribution in [-0.2, 0) is 0 Å². The molecule has 0 aliphatic rings. The van der Waals surface area contributed by atoms with E-state index in [-0.39, 0.29) is 6.54 Å².